The monoisotopic (exact) mass is 354 g/mol. The highest BCUT2D eigenvalue weighted by atomic mass is 16.5. The SMILES string of the molecule is O=C(Nc1ccccc1)C1CCN(C(=O)COc2ccccc2O)CC1. The zero-order valence-electron chi connectivity index (χ0n) is 14.4. The second-order valence-corrected chi connectivity index (χ2v) is 6.27. The van der Waals surface area contributed by atoms with Gasteiger partial charge in [0.1, 0.15) is 0 Å². The first kappa shape index (κ1) is 17.8. The molecule has 1 aliphatic heterocycles. The first-order valence-electron chi connectivity index (χ1n) is 8.68. The fourth-order valence-corrected chi connectivity index (χ4v) is 2.97. The van der Waals surface area contributed by atoms with Crippen molar-refractivity contribution in [1.82, 2.24) is 4.90 Å². The Kier molecular flexibility index (Phi) is 5.73. The molecule has 0 spiro atoms. The van der Waals surface area contributed by atoms with E-state index < -0.39 is 0 Å². The molecule has 2 aromatic rings. The van der Waals surface area contributed by atoms with Crippen molar-refractivity contribution < 1.29 is 19.4 Å². The van der Waals surface area contributed by atoms with Crippen molar-refractivity contribution >= 4 is 17.5 Å². The predicted molar refractivity (Wildman–Crippen MR) is 98.0 cm³/mol. The molecule has 136 valence electrons. The molecule has 26 heavy (non-hydrogen) atoms. The zero-order valence-corrected chi connectivity index (χ0v) is 14.4. The van der Waals surface area contributed by atoms with Gasteiger partial charge in [-0.1, -0.05) is 30.3 Å². The van der Waals surface area contributed by atoms with Gasteiger partial charge in [0.25, 0.3) is 5.91 Å². The van der Waals surface area contributed by atoms with Crippen LogP contribution in [0.15, 0.2) is 54.6 Å². The van der Waals surface area contributed by atoms with E-state index in [1.165, 1.54) is 6.07 Å². The molecule has 6 heteroatoms. The minimum atomic E-state index is -0.143. The predicted octanol–water partition coefficient (Wildman–Crippen LogP) is 2.65. The van der Waals surface area contributed by atoms with Crippen molar-refractivity contribution in [1.29, 1.82) is 0 Å². The molecule has 2 N–H and O–H groups in total. The van der Waals surface area contributed by atoms with E-state index in [9.17, 15) is 14.7 Å². The lowest BCUT2D eigenvalue weighted by Crippen LogP contribution is -2.43. The largest absolute Gasteiger partial charge is 0.504 e. The fourth-order valence-electron chi connectivity index (χ4n) is 2.97. The number of hydrogen-bond acceptors (Lipinski definition) is 4. The normalized spacial score (nSPS) is 14.7. The molecule has 0 saturated carbocycles. The number of likely N-dealkylation sites (tertiary alicyclic amines) is 1. The summed E-state index contributed by atoms with van der Waals surface area (Å²) in [6, 6.07) is 15.9. The van der Waals surface area contributed by atoms with Crippen LogP contribution < -0.4 is 10.1 Å². The number of rotatable bonds is 5. The summed E-state index contributed by atoms with van der Waals surface area (Å²) in [5, 5.41) is 12.6. The van der Waals surface area contributed by atoms with E-state index in [2.05, 4.69) is 5.32 Å². The average molecular weight is 354 g/mol. The second kappa shape index (κ2) is 8.38. The molecule has 0 atom stereocenters. The third kappa shape index (κ3) is 4.53. The Bertz CT molecular complexity index is 755. The molecule has 3 rings (SSSR count). The van der Waals surface area contributed by atoms with E-state index in [0.717, 1.165) is 5.69 Å². The first-order chi connectivity index (χ1) is 12.6. The maximum Gasteiger partial charge on any atom is 0.260 e. The summed E-state index contributed by atoms with van der Waals surface area (Å²) in [7, 11) is 0. The topological polar surface area (TPSA) is 78.9 Å². The Morgan fingerprint density at radius 2 is 1.69 bits per heavy atom. The van der Waals surface area contributed by atoms with Crippen LogP contribution in [0.2, 0.25) is 0 Å². The van der Waals surface area contributed by atoms with E-state index in [1.54, 1.807) is 23.1 Å². The smallest absolute Gasteiger partial charge is 0.260 e. The lowest BCUT2D eigenvalue weighted by Gasteiger charge is -2.31. The zero-order chi connectivity index (χ0) is 18.4. The van der Waals surface area contributed by atoms with E-state index in [0.29, 0.717) is 25.9 Å². The summed E-state index contributed by atoms with van der Waals surface area (Å²) in [6.07, 6.45) is 1.25. The minimum absolute atomic E-state index is 0.00578. The molecule has 2 amide bonds. The number of anilines is 1. The molecule has 0 aliphatic carbocycles. The molecule has 1 fully saturated rings. The number of carbonyl (C=O) groups is 2. The van der Waals surface area contributed by atoms with Gasteiger partial charge >= 0.3 is 0 Å². The molecule has 2 aromatic carbocycles. The summed E-state index contributed by atoms with van der Waals surface area (Å²) >= 11 is 0. The quantitative estimate of drug-likeness (QED) is 0.865. The number of nitrogens with zero attached hydrogens (tertiary/aromatic N) is 1. The Balaban J connectivity index is 1.45. The number of aromatic hydroxyl groups is 1. The van der Waals surface area contributed by atoms with Gasteiger partial charge in [0.05, 0.1) is 0 Å². The Hall–Kier alpha value is -3.02. The molecule has 0 unspecified atom stereocenters. The van der Waals surface area contributed by atoms with E-state index in [4.69, 9.17) is 4.74 Å². The Morgan fingerprint density at radius 1 is 1.04 bits per heavy atom. The molecule has 1 aliphatic rings. The van der Waals surface area contributed by atoms with Crippen LogP contribution in [0.3, 0.4) is 0 Å². The van der Waals surface area contributed by atoms with Gasteiger partial charge in [-0.25, -0.2) is 0 Å². The van der Waals surface area contributed by atoms with Gasteiger partial charge in [-0.2, -0.15) is 0 Å². The van der Waals surface area contributed by atoms with E-state index in [-0.39, 0.29) is 35.8 Å². The van der Waals surface area contributed by atoms with Crippen molar-refractivity contribution in [3.63, 3.8) is 0 Å². The van der Waals surface area contributed by atoms with Crippen LogP contribution in [-0.2, 0) is 9.59 Å². The minimum Gasteiger partial charge on any atom is -0.504 e. The Morgan fingerprint density at radius 3 is 2.38 bits per heavy atom. The maximum atomic E-state index is 12.3. The van der Waals surface area contributed by atoms with Crippen LogP contribution in [0.1, 0.15) is 12.8 Å². The Labute approximate surface area is 152 Å². The highest BCUT2D eigenvalue weighted by Crippen LogP contribution is 2.25. The summed E-state index contributed by atoms with van der Waals surface area (Å²) in [5.74, 6) is 0.0526. The van der Waals surface area contributed by atoms with Gasteiger partial charge in [0.2, 0.25) is 5.91 Å². The summed E-state index contributed by atoms with van der Waals surface area (Å²) in [4.78, 5) is 26.3. The molecule has 0 radical (unpaired) electrons. The molecule has 1 heterocycles. The van der Waals surface area contributed by atoms with Crippen LogP contribution in [0.4, 0.5) is 5.69 Å². The third-order valence-corrected chi connectivity index (χ3v) is 4.48. The number of carbonyl (C=O) groups excluding carboxylic acids is 2. The van der Waals surface area contributed by atoms with E-state index >= 15 is 0 Å². The third-order valence-electron chi connectivity index (χ3n) is 4.48. The number of piperidine rings is 1. The molecular weight excluding hydrogens is 332 g/mol. The lowest BCUT2D eigenvalue weighted by atomic mass is 9.95. The van der Waals surface area contributed by atoms with Gasteiger partial charge in [0, 0.05) is 24.7 Å². The van der Waals surface area contributed by atoms with Gasteiger partial charge in [-0.3, -0.25) is 9.59 Å². The standard InChI is InChI=1S/C20H22N2O4/c23-17-8-4-5-9-18(17)26-14-19(24)22-12-10-15(11-13-22)20(25)21-16-6-2-1-3-7-16/h1-9,15,23H,10-14H2,(H,21,25). The number of ether oxygens (including phenoxy) is 1. The molecule has 1 saturated heterocycles. The van der Waals surface area contributed by atoms with Gasteiger partial charge < -0.3 is 20.1 Å². The summed E-state index contributed by atoms with van der Waals surface area (Å²) in [6.45, 7) is 0.921. The highest BCUT2D eigenvalue weighted by molar-refractivity contribution is 5.92. The molecule has 0 aromatic heterocycles. The average Bonchev–Trinajstić information content (AvgIpc) is 2.68. The van der Waals surface area contributed by atoms with Crippen molar-refractivity contribution in [3.8, 4) is 11.5 Å². The van der Waals surface area contributed by atoms with Crippen LogP contribution in [0, 0.1) is 5.92 Å². The van der Waals surface area contributed by atoms with Crippen LogP contribution in [0.5, 0.6) is 11.5 Å². The van der Waals surface area contributed by atoms with Crippen molar-refractivity contribution in [2.24, 2.45) is 5.92 Å². The van der Waals surface area contributed by atoms with Crippen molar-refractivity contribution in [2.45, 2.75) is 12.8 Å². The first-order valence-corrected chi connectivity index (χ1v) is 8.68. The molecule has 0 bridgehead atoms. The van der Waals surface area contributed by atoms with Crippen LogP contribution in [0.25, 0.3) is 0 Å². The number of benzene rings is 2. The maximum absolute atomic E-state index is 12.3. The fraction of sp³-hybridized carbons (Fsp3) is 0.300. The molecule has 6 nitrogen and oxygen atoms in total. The van der Waals surface area contributed by atoms with Gasteiger partial charge in [-0.15, -0.1) is 0 Å². The number of hydrogen-bond donors (Lipinski definition) is 2. The number of para-hydroxylation sites is 3. The number of amides is 2. The van der Waals surface area contributed by atoms with Crippen LogP contribution in [-0.4, -0.2) is 41.5 Å². The molecular formula is C20H22N2O4. The van der Waals surface area contributed by atoms with Crippen LogP contribution >= 0.6 is 0 Å². The van der Waals surface area contributed by atoms with Gasteiger partial charge in [-0.05, 0) is 37.1 Å². The number of nitrogens with one attached hydrogen (secondary N) is 1. The summed E-state index contributed by atoms with van der Waals surface area (Å²) in [5.41, 5.74) is 0.784. The van der Waals surface area contributed by atoms with E-state index in [1.807, 2.05) is 30.3 Å². The lowest BCUT2D eigenvalue weighted by molar-refractivity contribution is -0.136. The summed E-state index contributed by atoms with van der Waals surface area (Å²) < 4.78 is 5.38. The van der Waals surface area contributed by atoms with Crippen molar-refractivity contribution in [2.75, 3.05) is 25.0 Å². The second-order valence-electron chi connectivity index (χ2n) is 6.27. The van der Waals surface area contributed by atoms with Crippen molar-refractivity contribution in [3.05, 3.63) is 54.6 Å². The number of phenolic OH excluding ortho intramolecular Hbond substituents is 1. The van der Waals surface area contributed by atoms with Gasteiger partial charge in [0.15, 0.2) is 18.1 Å². The number of phenols is 1. The highest BCUT2D eigenvalue weighted by Gasteiger charge is 2.27.